The number of benzene rings is 1. The van der Waals surface area contributed by atoms with E-state index in [9.17, 15) is 0 Å². The molecule has 3 nitrogen and oxygen atoms in total. The molecular weight excluding hydrogens is 248 g/mol. The van der Waals surface area contributed by atoms with E-state index in [-0.39, 0.29) is 0 Å². The van der Waals surface area contributed by atoms with E-state index in [0.717, 1.165) is 32.1 Å². The summed E-state index contributed by atoms with van der Waals surface area (Å²) in [6.45, 7) is 11.9. The van der Waals surface area contributed by atoms with Gasteiger partial charge in [0.1, 0.15) is 6.61 Å². The molecule has 1 heterocycles. The van der Waals surface area contributed by atoms with Gasteiger partial charge in [-0.25, -0.2) is 0 Å². The highest BCUT2D eigenvalue weighted by Crippen LogP contribution is 2.12. The lowest BCUT2D eigenvalue weighted by Gasteiger charge is -2.35. The van der Waals surface area contributed by atoms with Crippen LogP contribution in [0.5, 0.6) is 0 Å². The predicted molar refractivity (Wildman–Crippen MR) is 82.2 cm³/mol. The maximum atomic E-state index is 5.86. The van der Waals surface area contributed by atoms with Crippen LogP contribution in [0.3, 0.4) is 0 Å². The summed E-state index contributed by atoms with van der Waals surface area (Å²) in [5, 5.41) is 0. The zero-order chi connectivity index (χ0) is 14.2. The molecule has 1 aliphatic heterocycles. The molecule has 0 atom stereocenters. The van der Waals surface area contributed by atoms with Gasteiger partial charge in [-0.15, -0.1) is 0 Å². The standard InChI is InChI=1S/C17H24N2O/c1-3-10-18-11-13-19(14-12-18)17(4-2)20-15-16-8-6-5-7-9-16/h5-9H,2-3,10-15H2,1H3. The van der Waals surface area contributed by atoms with Crippen LogP contribution in [-0.2, 0) is 11.3 Å². The van der Waals surface area contributed by atoms with E-state index in [2.05, 4.69) is 41.2 Å². The van der Waals surface area contributed by atoms with Crippen LogP contribution in [0.25, 0.3) is 0 Å². The van der Waals surface area contributed by atoms with Gasteiger partial charge in [0.15, 0.2) is 0 Å². The minimum Gasteiger partial charge on any atom is -0.468 e. The quantitative estimate of drug-likeness (QED) is 0.585. The molecule has 1 aromatic carbocycles. The molecule has 0 aliphatic carbocycles. The zero-order valence-corrected chi connectivity index (χ0v) is 12.3. The molecule has 1 aromatic rings. The van der Waals surface area contributed by atoms with E-state index in [0.29, 0.717) is 6.61 Å². The third-order valence-electron chi connectivity index (χ3n) is 3.57. The molecule has 0 N–H and O–H groups in total. The van der Waals surface area contributed by atoms with Gasteiger partial charge in [-0.3, -0.25) is 4.90 Å². The second kappa shape index (κ2) is 7.78. The highest BCUT2D eigenvalue weighted by atomic mass is 16.5. The smallest absolute Gasteiger partial charge is 0.235 e. The second-order valence-corrected chi connectivity index (χ2v) is 5.08. The Kier molecular flexibility index (Phi) is 5.72. The molecule has 0 radical (unpaired) electrons. The summed E-state index contributed by atoms with van der Waals surface area (Å²) >= 11 is 0. The van der Waals surface area contributed by atoms with Crippen molar-refractivity contribution < 1.29 is 4.74 Å². The Balaban J connectivity index is 1.83. The Morgan fingerprint density at radius 1 is 1.20 bits per heavy atom. The van der Waals surface area contributed by atoms with Gasteiger partial charge < -0.3 is 9.64 Å². The van der Waals surface area contributed by atoms with Crippen molar-refractivity contribution in [2.45, 2.75) is 20.0 Å². The molecule has 0 bridgehead atoms. The molecule has 1 saturated heterocycles. The Hall–Kier alpha value is -1.70. The lowest BCUT2D eigenvalue weighted by molar-refractivity contribution is 0.0649. The van der Waals surface area contributed by atoms with Crippen LogP contribution in [0.4, 0.5) is 0 Å². The Bertz CT molecular complexity index is 443. The summed E-state index contributed by atoms with van der Waals surface area (Å²) in [5.41, 5.74) is 4.11. The predicted octanol–water partition coefficient (Wildman–Crippen LogP) is 2.86. The van der Waals surface area contributed by atoms with Crippen LogP contribution < -0.4 is 0 Å². The molecule has 0 saturated carbocycles. The molecule has 1 fully saturated rings. The molecule has 108 valence electrons. The lowest BCUT2D eigenvalue weighted by atomic mass is 10.2. The lowest BCUT2D eigenvalue weighted by Crippen LogP contribution is -2.46. The summed E-state index contributed by atoms with van der Waals surface area (Å²) in [6, 6.07) is 10.2. The summed E-state index contributed by atoms with van der Waals surface area (Å²) in [5.74, 6) is 0.782. The van der Waals surface area contributed by atoms with E-state index in [4.69, 9.17) is 4.74 Å². The summed E-state index contributed by atoms with van der Waals surface area (Å²) in [4.78, 5) is 4.73. The largest absolute Gasteiger partial charge is 0.468 e. The molecule has 0 amide bonds. The number of hydrogen-bond donors (Lipinski definition) is 0. The van der Waals surface area contributed by atoms with Crippen molar-refractivity contribution in [2.75, 3.05) is 32.7 Å². The number of nitrogens with zero attached hydrogens (tertiary/aromatic N) is 2. The van der Waals surface area contributed by atoms with Crippen LogP contribution in [0.15, 0.2) is 48.5 Å². The molecule has 20 heavy (non-hydrogen) atoms. The van der Waals surface area contributed by atoms with Gasteiger partial charge in [0.05, 0.1) is 0 Å². The Morgan fingerprint density at radius 3 is 2.50 bits per heavy atom. The molecular formula is C17H24N2O. The highest BCUT2D eigenvalue weighted by molar-refractivity contribution is 5.13. The van der Waals surface area contributed by atoms with Crippen molar-refractivity contribution in [2.24, 2.45) is 0 Å². The van der Waals surface area contributed by atoms with Crippen molar-refractivity contribution in [3.8, 4) is 0 Å². The van der Waals surface area contributed by atoms with E-state index >= 15 is 0 Å². The first kappa shape index (κ1) is 14.7. The van der Waals surface area contributed by atoms with Crippen LogP contribution in [-0.4, -0.2) is 42.5 Å². The van der Waals surface area contributed by atoms with Gasteiger partial charge in [-0.05, 0) is 18.5 Å². The van der Waals surface area contributed by atoms with E-state index < -0.39 is 0 Å². The molecule has 3 heteroatoms. The van der Waals surface area contributed by atoms with E-state index in [1.54, 1.807) is 0 Å². The van der Waals surface area contributed by atoms with Gasteiger partial charge >= 0.3 is 0 Å². The van der Waals surface area contributed by atoms with Crippen molar-refractivity contribution >= 4 is 0 Å². The average molecular weight is 272 g/mol. The number of piperazine rings is 1. The number of hydrogen-bond acceptors (Lipinski definition) is 3. The fourth-order valence-corrected chi connectivity index (χ4v) is 2.47. The number of rotatable bonds is 6. The van der Waals surface area contributed by atoms with Gasteiger partial charge in [-0.2, -0.15) is 0 Å². The monoisotopic (exact) mass is 272 g/mol. The first-order valence-electron chi connectivity index (χ1n) is 7.37. The maximum absolute atomic E-state index is 5.86. The first-order chi connectivity index (χ1) is 9.83. The van der Waals surface area contributed by atoms with Gasteiger partial charge in [0.2, 0.25) is 5.88 Å². The Morgan fingerprint density at radius 2 is 1.90 bits per heavy atom. The minimum absolute atomic E-state index is 0.577. The fraction of sp³-hybridized carbons (Fsp3) is 0.471. The highest BCUT2D eigenvalue weighted by Gasteiger charge is 2.18. The first-order valence-corrected chi connectivity index (χ1v) is 7.37. The molecule has 0 spiro atoms. The normalized spacial score (nSPS) is 15.8. The van der Waals surface area contributed by atoms with Gasteiger partial charge in [0, 0.05) is 26.2 Å². The van der Waals surface area contributed by atoms with E-state index in [1.165, 1.54) is 18.5 Å². The summed E-state index contributed by atoms with van der Waals surface area (Å²) in [6.07, 6.45) is 1.22. The van der Waals surface area contributed by atoms with E-state index in [1.807, 2.05) is 18.2 Å². The molecule has 2 rings (SSSR count). The van der Waals surface area contributed by atoms with Gasteiger partial charge in [-0.1, -0.05) is 49.6 Å². The second-order valence-electron chi connectivity index (χ2n) is 5.08. The Labute approximate surface area is 122 Å². The van der Waals surface area contributed by atoms with Gasteiger partial charge in [0.25, 0.3) is 0 Å². The van der Waals surface area contributed by atoms with Crippen molar-refractivity contribution in [3.63, 3.8) is 0 Å². The van der Waals surface area contributed by atoms with Crippen LogP contribution in [0.2, 0.25) is 0 Å². The van der Waals surface area contributed by atoms with Crippen LogP contribution in [0.1, 0.15) is 18.9 Å². The van der Waals surface area contributed by atoms with Crippen molar-refractivity contribution in [1.82, 2.24) is 9.80 Å². The average Bonchev–Trinajstić information content (AvgIpc) is 2.51. The molecule has 1 aliphatic rings. The molecule has 0 unspecified atom stereocenters. The minimum atomic E-state index is 0.577. The number of ether oxygens (including phenoxy) is 1. The molecule has 0 aromatic heterocycles. The topological polar surface area (TPSA) is 15.7 Å². The van der Waals surface area contributed by atoms with Crippen LogP contribution >= 0.6 is 0 Å². The fourth-order valence-electron chi connectivity index (χ4n) is 2.47. The van der Waals surface area contributed by atoms with Crippen molar-refractivity contribution in [3.05, 3.63) is 54.1 Å². The summed E-state index contributed by atoms with van der Waals surface area (Å²) in [7, 11) is 0. The third kappa shape index (κ3) is 4.16. The SMILES string of the molecule is C=C=C(OCc1ccccc1)N1CCN(CCC)CC1. The van der Waals surface area contributed by atoms with Crippen molar-refractivity contribution in [1.29, 1.82) is 0 Å². The maximum Gasteiger partial charge on any atom is 0.235 e. The zero-order valence-electron chi connectivity index (χ0n) is 12.3. The van der Waals surface area contributed by atoms with Crippen LogP contribution in [0, 0.1) is 0 Å². The summed E-state index contributed by atoms with van der Waals surface area (Å²) < 4.78 is 5.86. The third-order valence-corrected chi connectivity index (χ3v) is 3.57.